The molecule has 0 spiro atoms. The van der Waals surface area contributed by atoms with E-state index in [9.17, 15) is 4.79 Å². The average Bonchev–Trinajstić information content (AvgIpc) is 3.38. The highest BCUT2D eigenvalue weighted by atomic mass is 19.1. The molecule has 2 aromatic carbocycles. The van der Waals surface area contributed by atoms with Crippen LogP contribution in [0.15, 0.2) is 48.9 Å². The van der Waals surface area contributed by atoms with Gasteiger partial charge >= 0.3 is 0 Å². The van der Waals surface area contributed by atoms with Crippen LogP contribution in [0.5, 0.6) is 0 Å². The number of nitrogens with two attached hydrogens (primary N) is 1. The molecule has 7 nitrogen and oxygen atoms in total. The molecule has 8 heteroatoms. The van der Waals surface area contributed by atoms with Crippen LogP contribution in [0.25, 0.3) is 16.6 Å². The molecule has 2 aromatic heterocycles. The third-order valence-corrected chi connectivity index (χ3v) is 6.33. The minimum Gasteiger partial charge on any atom is -0.382 e. The number of hydrogen-bond donors (Lipinski definition) is 1. The van der Waals surface area contributed by atoms with Gasteiger partial charge in [0.2, 0.25) is 0 Å². The number of hydrogen-bond acceptors (Lipinski definition) is 5. The molecule has 1 amide bonds. The van der Waals surface area contributed by atoms with Crippen LogP contribution in [0.1, 0.15) is 34.5 Å². The summed E-state index contributed by atoms with van der Waals surface area (Å²) in [7, 11) is 0. The van der Waals surface area contributed by atoms with Crippen LogP contribution < -0.4 is 5.73 Å². The Hall–Kier alpha value is -3.52. The van der Waals surface area contributed by atoms with Crippen molar-refractivity contribution < 1.29 is 13.9 Å². The number of carbonyl (C=O) groups is 1. The van der Waals surface area contributed by atoms with Crippen molar-refractivity contribution in [3.63, 3.8) is 0 Å². The van der Waals surface area contributed by atoms with Gasteiger partial charge in [-0.15, -0.1) is 0 Å². The third-order valence-electron chi connectivity index (χ3n) is 6.33. The van der Waals surface area contributed by atoms with Gasteiger partial charge in [0.15, 0.2) is 0 Å². The fourth-order valence-corrected chi connectivity index (χ4v) is 4.93. The molecule has 4 aromatic rings. The van der Waals surface area contributed by atoms with E-state index in [1.807, 2.05) is 25.1 Å². The largest absolute Gasteiger partial charge is 0.382 e. The van der Waals surface area contributed by atoms with E-state index >= 15 is 4.39 Å². The zero-order valence-electron chi connectivity index (χ0n) is 16.8. The minimum atomic E-state index is -0.616. The molecule has 1 aliphatic heterocycles. The van der Waals surface area contributed by atoms with Crippen molar-refractivity contribution in [2.24, 2.45) is 0 Å². The number of ether oxygens (including phenoxy) is 1. The van der Waals surface area contributed by atoms with Gasteiger partial charge in [-0.3, -0.25) is 9.20 Å². The van der Waals surface area contributed by atoms with Gasteiger partial charge in [-0.25, -0.2) is 14.4 Å². The van der Waals surface area contributed by atoms with Crippen LogP contribution in [-0.2, 0) is 11.2 Å². The molecule has 1 saturated heterocycles. The Labute approximate surface area is 177 Å². The predicted molar refractivity (Wildman–Crippen MR) is 113 cm³/mol. The summed E-state index contributed by atoms with van der Waals surface area (Å²) in [4.78, 5) is 23.8. The number of anilines is 1. The molecule has 2 N–H and O–H groups in total. The van der Waals surface area contributed by atoms with E-state index in [1.54, 1.807) is 27.9 Å². The first-order valence-electron chi connectivity index (χ1n) is 10.3. The Kier molecular flexibility index (Phi) is 3.82. The molecule has 3 heterocycles. The fraction of sp³-hybridized carbons (Fsp3) is 0.261. The molecule has 0 bridgehead atoms. The summed E-state index contributed by atoms with van der Waals surface area (Å²) in [6.45, 7) is 2.35. The second-order valence-electron chi connectivity index (χ2n) is 8.26. The number of amides is 1. The fourth-order valence-electron chi connectivity index (χ4n) is 4.93. The number of nitrogen functional groups attached to an aromatic ring is 1. The highest BCUT2D eigenvalue weighted by molar-refractivity contribution is 5.99. The zero-order valence-corrected chi connectivity index (χ0v) is 16.8. The molecule has 0 radical (unpaired) electrons. The normalized spacial score (nSPS) is 22.6. The summed E-state index contributed by atoms with van der Waals surface area (Å²) in [5, 5.41) is 0. The zero-order chi connectivity index (χ0) is 21.3. The quantitative estimate of drug-likeness (QED) is 0.514. The number of fused-ring (bicyclic) bond motifs is 6. The van der Waals surface area contributed by atoms with Gasteiger partial charge in [-0.2, -0.15) is 0 Å². The highest BCUT2D eigenvalue weighted by Gasteiger charge is 2.44. The standard InChI is InChI=1S/C23H20FN5O2/c1-12-10-28(19-6-13-4-2-3-5-14(13)21(19)31-12)23(30)15-7-18-17(8-16(15)24)27-22(25)20-9-26-11-29(18)20/h2-5,7-9,11-12,19,21H,6,10H2,1H3,(H2,25,27)/t12-,19-,21?/m0/s1. The van der Waals surface area contributed by atoms with Crippen LogP contribution in [0, 0.1) is 5.82 Å². The van der Waals surface area contributed by atoms with Gasteiger partial charge in [0.1, 0.15) is 23.3 Å². The summed E-state index contributed by atoms with van der Waals surface area (Å²) >= 11 is 0. The Bertz CT molecular complexity index is 1370. The SMILES string of the molecule is C[C@H]1CN(C(=O)c2cc3c(cc2F)nc(N)c2cncn23)[C@H]2Cc3ccccc3C2O1. The monoisotopic (exact) mass is 417 g/mol. The first-order chi connectivity index (χ1) is 15.0. The first-order valence-corrected chi connectivity index (χ1v) is 10.3. The lowest BCUT2D eigenvalue weighted by Crippen LogP contribution is -2.52. The topological polar surface area (TPSA) is 85.8 Å². The van der Waals surface area contributed by atoms with Crippen molar-refractivity contribution in [1.29, 1.82) is 0 Å². The van der Waals surface area contributed by atoms with Crippen LogP contribution in [0.3, 0.4) is 0 Å². The summed E-state index contributed by atoms with van der Waals surface area (Å²) in [5.74, 6) is -0.699. The highest BCUT2D eigenvalue weighted by Crippen LogP contribution is 2.41. The Morgan fingerprint density at radius 3 is 2.97 bits per heavy atom. The molecule has 1 fully saturated rings. The summed E-state index contributed by atoms with van der Waals surface area (Å²) in [6, 6.07) is 10.7. The van der Waals surface area contributed by atoms with E-state index in [4.69, 9.17) is 10.5 Å². The number of halogens is 1. The molecule has 1 unspecified atom stereocenters. The molecular formula is C23H20FN5O2. The maximum absolute atomic E-state index is 15.1. The number of rotatable bonds is 1. The van der Waals surface area contributed by atoms with Crippen molar-refractivity contribution >= 4 is 28.3 Å². The van der Waals surface area contributed by atoms with Crippen molar-refractivity contribution in [3.8, 4) is 0 Å². The number of benzene rings is 2. The maximum atomic E-state index is 15.1. The Morgan fingerprint density at radius 1 is 1.26 bits per heavy atom. The van der Waals surface area contributed by atoms with Crippen LogP contribution in [0.4, 0.5) is 10.2 Å². The first kappa shape index (κ1) is 18.3. The van der Waals surface area contributed by atoms with E-state index in [0.29, 0.717) is 29.5 Å². The van der Waals surface area contributed by atoms with Crippen molar-refractivity contribution in [3.05, 3.63) is 71.4 Å². The predicted octanol–water partition coefficient (Wildman–Crippen LogP) is 3.13. The van der Waals surface area contributed by atoms with Crippen molar-refractivity contribution in [2.75, 3.05) is 12.3 Å². The summed E-state index contributed by atoms with van der Waals surface area (Å²) in [5.41, 5.74) is 9.82. The second-order valence-corrected chi connectivity index (χ2v) is 8.26. The van der Waals surface area contributed by atoms with Gasteiger partial charge < -0.3 is 15.4 Å². The second kappa shape index (κ2) is 6.49. The molecule has 3 atom stereocenters. The van der Waals surface area contributed by atoms with E-state index < -0.39 is 5.82 Å². The van der Waals surface area contributed by atoms with E-state index in [2.05, 4.69) is 16.0 Å². The number of imidazole rings is 1. The Morgan fingerprint density at radius 2 is 2.10 bits per heavy atom. The van der Waals surface area contributed by atoms with Gasteiger partial charge in [-0.05, 0) is 30.5 Å². The smallest absolute Gasteiger partial charge is 0.257 e. The minimum absolute atomic E-state index is 0.0119. The van der Waals surface area contributed by atoms with E-state index in [0.717, 1.165) is 5.56 Å². The lowest BCUT2D eigenvalue weighted by Gasteiger charge is -2.41. The van der Waals surface area contributed by atoms with Crippen LogP contribution in [-0.4, -0.2) is 43.9 Å². The van der Waals surface area contributed by atoms with Crippen LogP contribution in [0.2, 0.25) is 0 Å². The van der Waals surface area contributed by atoms with E-state index in [-0.39, 0.29) is 35.5 Å². The Balaban J connectivity index is 1.45. The third kappa shape index (κ3) is 2.64. The molecular weight excluding hydrogens is 397 g/mol. The average molecular weight is 417 g/mol. The molecule has 0 saturated carbocycles. The molecule has 6 rings (SSSR count). The van der Waals surface area contributed by atoms with Crippen molar-refractivity contribution in [1.82, 2.24) is 19.3 Å². The molecule has 1 aliphatic carbocycles. The number of aromatic nitrogens is 3. The van der Waals surface area contributed by atoms with Gasteiger partial charge in [0.25, 0.3) is 5.91 Å². The summed E-state index contributed by atoms with van der Waals surface area (Å²) in [6.07, 6.45) is 3.52. The molecule has 2 aliphatic rings. The van der Waals surface area contributed by atoms with Crippen LogP contribution >= 0.6 is 0 Å². The summed E-state index contributed by atoms with van der Waals surface area (Å²) < 4.78 is 23.0. The maximum Gasteiger partial charge on any atom is 0.257 e. The number of carbonyl (C=O) groups excluding carboxylic acids is 1. The van der Waals surface area contributed by atoms with Gasteiger partial charge in [0.05, 0.1) is 41.3 Å². The number of morpholine rings is 1. The van der Waals surface area contributed by atoms with E-state index in [1.165, 1.54) is 11.6 Å². The van der Waals surface area contributed by atoms with Crippen molar-refractivity contribution in [2.45, 2.75) is 31.6 Å². The lowest BCUT2D eigenvalue weighted by molar-refractivity contribution is -0.0952. The molecule has 31 heavy (non-hydrogen) atoms. The van der Waals surface area contributed by atoms with Gasteiger partial charge in [-0.1, -0.05) is 24.3 Å². The molecule has 156 valence electrons. The van der Waals surface area contributed by atoms with Gasteiger partial charge in [0, 0.05) is 12.6 Å². The lowest BCUT2D eigenvalue weighted by atomic mass is 10.0. The number of nitrogens with zero attached hydrogens (tertiary/aromatic N) is 4.